The van der Waals surface area contributed by atoms with Crippen LogP contribution in [0.5, 0.6) is 0 Å². The molecule has 1 atom stereocenters. The first-order valence-electron chi connectivity index (χ1n) is 0.535. The predicted octanol–water partition coefficient (Wildman–Crippen LogP) is -0.133. The first-order chi connectivity index (χ1) is 1.41. The van der Waals surface area contributed by atoms with Crippen LogP contribution < -0.4 is 0 Å². The Kier molecular flexibility index (Phi) is 109. The minimum absolute atomic E-state index is 0. The molecule has 0 aromatic carbocycles. The molecule has 1 unspecified atom stereocenters. The summed E-state index contributed by atoms with van der Waals surface area (Å²) in [4.78, 5) is 0. The standard InChI is InChI=1S/Cu.2FH.Li.Mg.H3P.H/h;2*1H;;;1H3;/q;;;;+2;;/p-2. The van der Waals surface area contributed by atoms with E-state index < -0.39 is 21.5 Å². The van der Waals surface area contributed by atoms with Gasteiger partial charge in [0.2, 0.25) is 0 Å². The van der Waals surface area contributed by atoms with Crippen molar-refractivity contribution in [2.24, 2.45) is 0 Å². The molecule has 0 heterocycles. The van der Waals surface area contributed by atoms with Crippen molar-refractivity contribution in [2.75, 3.05) is 0 Å². The molecule has 0 aliphatic heterocycles. The molecule has 0 saturated heterocycles. The van der Waals surface area contributed by atoms with E-state index in [9.17, 15) is 5.91 Å². The second-order valence-electron chi connectivity index (χ2n) is 0.101. The number of hydrogen-bond donors (Lipinski definition) is 0. The number of hydrogen-bond acceptors (Lipinski definition) is 0. The van der Waals surface area contributed by atoms with Crippen LogP contribution in [0.1, 0.15) is 0 Å². The van der Waals surface area contributed by atoms with Gasteiger partial charge >= 0.3 is 40.3 Å². The molecule has 0 aliphatic carbocycles. The Morgan fingerprint density at radius 1 is 1.17 bits per heavy atom. The molecule has 6 heteroatoms. The zero-order chi connectivity index (χ0) is 2.71. The van der Waals surface area contributed by atoms with E-state index in [1.165, 1.54) is 0 Å². The summed E-state index contributed by atoms with van der Waals surface area (Å²) in [6, 6.07) is 0. The van der Waals surface area contributed by atoms with Crippen molar-refractivity contribution in [3.8, 4) is 0 Å². The summed E-state index contributed by atoms with van der Waals surface area (Å²) in [5, 5.41) is 0. The molecular formula is H4CuF2LiMgP. The molecule has 0 aromatic heterocycles. The summed E-state index contributed by atoms with van der Waals surface area (Å²) in [5.74, 6) is 0. The first-order valence-corrected chi connectivity index (χ1v) is 1.60. The molecule has 0 rings (SSSR count). The Hall–Kier alpha value is 2.17. The zero-order valence-electron chi connectivity index (χ0n) is 2.47. The normalized spacial score (nSPS) is 1.67. The fourth-order valence-electron chi connectivity index (χ4n) is 0. The van der Waals surface area contributed by atoms with Crippen LogP contribution in [0.3, 0.4) is 0 Å². The molecule has 0 spiro atoms. The fraction of sp³-hybridized carbons (Fsp3) is 0. The van der Waals surface area contributed by atoms with Crippen LogP contribution in [-0.4, -0.2) is 40.3 Å². The van der Waals surface area contributed by atoms with Gasteiger partial charge in [0, 0.05) is 17.1 Å². The van der Waals surface area contributed by atoms with Gasteiger partial charge in [0.1, 0.15) is 0 Å². The van der Waals surface area contributed by atoms with Gasteiger partial charge in [0.05, 0.1) is 0 Å². The second kappa shape index (κ2) is 27.1. The summed E-state index contributed by atoms with van der Waals surface area (Å²) in [6.07, 6.45) is 0. The summed E-state index contributed by atoms with van der Waals surface area (Å²) < 4.78 is 19.5. The molecule has 1 radical (unpaired) electrons. The third kappa shape index (κ3) is 35.0. The fourth-order valence-corrected chi connectivity index (χ4v) is 0. The van der Waals surface area contributed by atoms with E-state index >= 15 is 0 Å². The van der Waals surface area contributed by atoms with Gasteiger partial charge in [-0.2, -0.15) is 9.90 Å². The van der Waals surface area contributed by atoms with Gasteiger partial charge < -0.3 is 5.91 Å². The number of rotatable bonds is 0. The maximum absolute atomic E-state index is 9.76. The quantitative estimate of drug-likeness (QED) is 0.349. The van der Waals surface area contributed by atoms with Gasteiger partial charge in [-0.3, -0.25) is 0 Å². The van der Waals surface area contributed by atoms with E-state index in [1.54, 1.807) is 0 Å². The van der Waals surface area contributed by atoms with Crippen LogP contribution in [0.25, 0.3) is 0 Å². The SMILES string of the molecule is P.[Cu].[F][Mg][F].[LiH]. The Morgan fingerprint density at radius 3 is 1.17 bits per heavy atom. The van der Waals surface area contributed by atoms with Crippen LogP contribution in [0.2, 0.25) is 0 Å². The van der Waals surface area contributed by atoms with Gasteiger partial charge in [-0.05, 0) is 0 Å². The molecule has 0 fully saturated rings. The molecule has 0 N–H and O–H groups in total. The minimum atomic E-state index is -2.58. The van der Waals surface area contributed by atoms with E-state index in [-0.39, 0.29) is 45.8 Å². The van der Waals surface area contributed by atoms with Crippen LogP contribution in [-0.2, 0) is 17.1 Å². The zero-order valence-corrected chi connectivity index (χ0v) is 6.24. The average Bonchev–Trinajstić information content (AvgIpc) is 0.918. The summed E-state index contributed by atoms with van der Waals surface area (Å²) in [6.45, 7) is 0. The van der Waals surface area contributed by atoms with Crippen molar-refractivity contribution in [3.63, 3.8) is 0 Å². The van der Waals surface area contributed by atoms with E-state index in [2.05, 4.69) is 0 Å². The summed E-state index contributed by atoms with van der Waals surface area (Å²) in [5.41, 5.74) is 0. The molecule has 0 amide bonds. The van der Waals surface area contributed by atoms with Gasteiger partial charge in [-0.15, -0.1) is 0 Å². The third-order valence-corrected chi connectivity index (χ3v) is 0. The van der Waals surface area contributed by atoms with Crippen molar-refractivity contribution in [1.29, 1.82) is 0 Å². The van der Waals surface area contributed by atoms with Crippen LogP contribution in [0, 0.1) is 0 Å². The Labute approximate surface area is 72.7 Å². The van der Waals surface area contributed by atoms with Crippen molar-refractivity contribution in [2.45, 2.75) is 0 Å². The molecule has 6 heavy (non-hydrogen) atoms. The molecule has 0 aliphatic rings. The Bertz CT molecular complexity index is 13.5. The van der Waals surface area contributed by atoms with Gasteiger partial charge in [0.25, 0.3) is 0 Å². The molecule has 0 saturated carbocycles. The van der Waals surface area contributed by atoms with Gasteiger partial charge in [-0.1, -0.05) is 0 Å². The van der Waals surface area contributed by atoms with Crippen molar-refractivity contribution < 1.29 is 23.0 Å². The van der Waals surface area contributed by atoms with E-state index in [0.29, 0.717) is 0 Å². The van der Waals surface area contributed by atoms with E-state index in [1.807, 2.05) is 0 Å². The predicted molar refractivity (Wildman–Crippen MR) is 26.2 cm³/mol. The molecule has 37 valence electrons. The van der Waals surface area contributed by atoms with Crippen LogP contribution in [0.15, 0.2) is 0 Å². The van der Waals surface area contributed by atoms with Crippen molar-refractivity contribution in [3.05, 3.63) is 0 Å². The van der Waals surface area contributed by atoms with E-state index in [4.69, 9.17) is 0 Å². The second-order valence-corrected chi connectivity index (χ2v) is 0.303. The maximum atomic E-state index is 9.76. The molecule has 0 nitrogen and oxygen atoms in total. The van der Waals surface area contributed by atoms with Gasteiger partial charge in [0.15, 0.2) is 0 Å². The van der Waals surface area contributed by atoms with Gasteiger partial charge in [-0.25, -0.2) is 0 Å². The molecule has 0 bridgehead atoms. The third-order valence-electron chi connectivity index (χ3n) is 0. The summed E-state index contributed by atoms with van der Waals surface area (Å²) in [7, 11) is 0. The summed E-state index contributed by atoms with van der Waals surface area (Å²) >= 11 is -2.58. The molecule has 0 aromatic rings. The Morgan fingerprint density at radius 2 is 1.17 bits per heavy atom. The molecular weight excluding hydrogens is 164 g/mol. The first kappa shape index (κ1) is 24.1. The van der Waals surface area contributed by atoms with Crippen molar-refractivity contribution >= 4 is 50.2 Å². The van der Waals surface area contributed by atoms with E-state index in [0.717, 1.165) is 0 Å². The number of halogens is 2. The average molecular weight is 168 g/mol. The van der Waals surface area contributed by atoms with Crippen LogP contribution >= 0.6 is 9.90 Å². The Balaban J connectivity index is -0.00000000667. The van der Waals surface area contributed by atoms with Crippen LogP contribution in [0.4, 0.5) is 5.91 Å². The monoisotopic (exact) mass is 167 g/mol. The topological polar surface area (TPSA) is 0 Å². The van der Waals surface area contributed by atoms with Crippen molar-refractivity contribution in [1.82, 2.24) is 0 Å².